The summed E-state index contributed by atoms with van der Waals surface area (Å²) >= 11 is 0. The lowest BCUT2D eigenvalue weighted by Gasteiger charge is -2.39. The van der Waals surface area contributed by atoms with Gasteiger partial charge in [0.2, 0.25) is 5.91 Å². The zero-order valence-corrected chi connectivity index (χ0v) is 17.7. The number of fused-ring (bicyclic) bond motifs is 1. The highest BCUT2D eigenvalue weighted by Crippen LogP contribution is 2.41. The molecule has 1 saturated heterocycles. The van der Waals surface area contributed by atoms with Gasteiger partial charge in [-0.05, 0) is 63.4 Å². The van der Waals surface area contributed by atoms with E-state index in [1.807, 2.05) is 0 Å². The van der Waals surface area contributed by atoms with Gasteiger partial charge in [0, 0.05) is 0 Å². The molecule has 0 spiro atoms. The summed E-state index contributed by atoms with van der Waals surface area (Å²) in [5, 5.41) is 10.7. The second kappa shape index (κ2) is 7.57. The van der Waals surface area contributed by atoms with Crippen LogP contribution in [0.3, 0.4) is 0 Å². The van der Waals surface area contributed by atoms with E-state index in [2.05, 4.69) is 0 Å². The van der Waals surface area contributed by atoms with Crippen LogP contribution in [0.1, 0.15) is 65.9 Å². The molecule has 162 valence electrons. The average molecular weight is 424 g/mol. The molecule has 0 saturated carbocycles. The number of benzene rings is 2. The van der Waals surface area contributed by atoms with Gasteiger partial charge < -0.3 is 10.0 Å². The molecule has 0 bridgehead atoms. The summed E-state index contributed by atoms with van der Waals surface area (Å²) in [5.41, 5.74) is -0.0438. The highest BCUT2D eigenvalue weighted by molar-refractivity contribution is 6.22. The molecule has 0 aromatic heterocycles. The first-order chi connectivity index (χ1) is 14.6. The number of hydrogen-bond acceptors (Lipinski definition) is 4. The number of imide groups is 1. The van der Waals surface area contributed by atoms with Crippen molar-refractivity contribution in [2.24, 2.45) is 0 Å². The minimum Gasteiger partial charge on any atom is -0.388 e. The third-order valence-electron chi connectivity index (χ3n) is 6.26. The number of likely N-dealkylation sites (tertiary alicyclic amines) is 1. The summed E-state index contributed by atoms with van der Waals surface area (Å²) < 4.78 is 13.9. The van der Waals surface area contributed by atoms with Crippen molar-refractivity contribution >= 4 is 17.7 Å². The lowest BCUT2D eigenvalue weighted by Crippen LogP contribution is -2.55. The predicted octanol–water partition coefficient (Wildman–Crippen LogP) is 3.31. The average Bonchev–Trinajstić information content (AvgIpc) is 3.28. The first-order valence-corrected chi connectivity index (χ1v) is 10.4. The molecule has 2 aliphatic rings. The van der Waals surface area contributed by atoms with Gasteiger partial charge in [0.15, 0.2) is 0 Å². The van der Waals surface area contributed by atoms with Crippen molar-refractivity contribution in [3.05, 3.63) is 71.0 Å². The lowest BCUT2D eigenvalue weighted by atomic mass is 9.96. The van der Waals surface area contributed by atoms with E-state index >= 15 is 0 Å². The first kappa shape index (κ1) is 21.2. The monoisotopic (exact) mass is 424 g/mol. The number of hydrogen-bond donors (Lipinski definition) is 1. The van der Waals surface area contributed by atoms with Crippen molar-refractivity contribution in [2.75, 3.05) is 0 Å². The molecule has 2 aromatic rings. The van der Waals surface area contributed by atoms with Gasteiger partial charge in [-0.2, -0.15) is 0 Å². The van der Waals surface area contributed by atoms with Crippen LogP contribution < -0.4 is 0 Å². The van der Waals surface area contributed by atoms with Gasteiger partial charge >= 0.3 is 0 Å². The van der Waals surface area contributed by atoms with Crippen molar-refractivity contribution in [2.45, 2.75) is 57.3 Å². The number of aliphatic hydroxyl groups is 1. The number of carbonyl (C=O) groups excluding carboxylic acids is 3. The van der Waals surface area contributed by atoms with E-state index in [0.717, 1.165) is 4.90 Å². The SMILES string of the molecule is C[C@H](C(=O)N1[C@H](c2cccc(F)c2)CC[C@@H]1C(C)(C)O)N1C(=O)c2ccccc2C1=O. The summed E-state index contributed by atoms with van der Waals surface area (Å²) in [4.78, 5) is 41.9. The van der Waals surface area contributed by atoms with E-state index in [9.17, 15) is 23.9 Å². The van der Waals surface area contributed by atoms with E-state index in [1.165, 1.54) is 24.0 Å². The van der Waals surface area contributed by atoms with Gasteiger partial charge in [-0.25, -0.2) is 4.39 Å². The molecule has 7 heteroatoms. The van der Waals surface area contributed by atoms with Gasteiger partial charge in [0.05, 0.1) is 28.8 Å². The van der Waals surface area contributed by atoms with Crippen LogP contribution in [0.4, 0.5) is 4.39 Å². The second-order valence-corrected chi connectivity index (χ2v) is 8.76. The predicted molar refractivity (Wildman–Crippen MR) is 112 cm³/mol. The molecule has 3 atom stereocenters. The smallest absolute Gasteiger partial charge is 0.262 e. The zero-order valence-electron chi connectivity index (χ0n) is 17.7. The van der Waals surface area contributed by atoms with Gasteiger partial charge in [-0.15, -0.1) is 0 Å². The summed E-state index contributed by atoms with van der Waals surface area (Å²) in [6.07, 6.45) is 1.06. The quantitative estimate of drug-likeness (QED) is 0.764. The highest BCUT2D eigenvalue weighted by atomic mass is 19.1. The van der Waals surface area contributed by atoms with Gasteiger partial charge in [0.1, 0.15) is 11.9 Å². The summed E-state index contributed by atoms with van der Waals surface area (Å²) in [7, 11) is 0. The fraction of sp³-hybridized carbons (Fsp3) is 0.375. The zero-order chi connectivity index (χ0) is 22.5. The maximum Gasteiger partial charge on any atom is 0.262 e. The fourth-order valence-corrected chi connectivity index (χ4v) is 4.74. The Bertz CT molecular complexity index is 1030. The van der Waals surface area contributed by atoms with Crippen LogP contribution in [0.25, 0.3) is 0 Å². The molecule has 6 nitrogen and oxygen atoms in total. The van der Waals surface area contributed by atoms with Crippen molar-refractivity contribution < 1.29 is 23.9 Å². The Balaban J connectivity index is 1.69. The number of carbonyl (C=O) groups is 3. The molecule has 2 aromatic carbocycles. The van der Waals surface area contributed by atoms with E-state index in [0.29, 0.717) is 18.4 Å². The number of nitrogens with zero attached hydrogens (tertiary/aromatic N) is 2. The Morgan fingerprint density at radius 1 is 1.06 bits per heavy atom. The Morgan fingerprint density at radius 3 is 2.23 bits per heavy atom. The molecule has 1 fully saturated rings. The van der Waals surface area contributed by atoms with E-state index < -0.39 is 47.3 Å². The Labute approximate surface area is 180 Å². The minimum absolute atomic E-state index is 0.272. The van der Waals surface area contributed by atoms with Crippen molar-refractivity contribution in [1.82, 2.24) is 9.80 Å². The number of halogens is 1. The third-order valence-corrected chi connectivity index (χ3v) is 6.26. The lowest BCUT2D eigenvalue weighted by molar-refractivity contribution is -0.143. The van der Waals surface area contributed by atoms with Crippen LogP contribution in [0.15, 0.2) is 48.5 Å². The topological polar surface area (TPSA) is 77.9 Å². The molecule has 31 heavy (non-hydrogen) atoms. The van der Waals surface area contributed by atoms with Crippen LogP contribution in [-0.4, -0.2) is 50.3 Å². The van der Waals surface area contributed by atoms with Crippen molar-refractivity contribution in [1.29, 1.82) is 0 Å². The Morgan fingerprint density at radius 2 is 1.68 bits per heavy atom. The highest BCUT2D eigenvalue weighted by Gasteiger charge is 2.49. The normalized spacial score (nSPS) is 22.1. The number of rotatable bonds is 4. The van der Waals surface area contributed by atoms with Crippen LogP contribution in [0, 0.1) is 5.82 Å². The molecule has 1 N–H and O–H groups in total. The molecule has 0 aliphatic carbocycles. The van der Waals surface area contributed by atoms with Crippen LogP contribution in [0.5, 0.6) is 0 Å². The van der Waals surface area contributed by atoms with Crippen molar-refractivity contribution in [3.8, 4) is 0 Å². The molecule has 2 heterocycles. The largest absolute Gasteiger partial charge is 0.388 e. The Kier molecular flexibility index (Phi) is 5.17. The molecule has 0 unspecified atom stereocenters. The summed E-state index contributed by atoms with van der Waals surface area (Å²) in [5.74, 6) is -1.89. The molecular formula is C24H25FN2O4. The van der Waals surface area contributed by atoms with Crippen LogP contribution >= 0.6 is 0 Å². The summed E-state index contributed by atoms with van der Waals surface area (Å²) in [6, 6.07) is 10.5. The molecule has 4 rings (SSSR count). The standard InChI is InChI=1S/C24H25FN2O4/c1-14(26-22(29)17-9-4-5-10-18(17)23(26)30)21(28)27-19(11-12-20(27)24(2,3)31)15-7-6-8-16(25)13-15/h4-10,13-14,19-20,31H,11-12H2,1-3H3/t14-,19+,20-/m1/s1. The van der Waals surface area contributed by atoms with E-state index in [4.69, 9.17) is 0 Å². The van der Waals surface area contributed by atoms with Crippen LogP contribution in [0.2, 0.25) is 0 Å². The fourth-order valence-electron chi connectivity index (χ4n) is 4.74. The van der Waals surface area contributed by atoms with E-state index in [1.54, 1.807) is 50.2 Å². The number of amides is 3. The minimum atomic E-state index is -1.21. The van der Waals surface area contributed by atoms with Crippen LogP contribution in [-0.2, 0) is 4.79 Å². The first-order valence-electron chi connectivity index (χ1n) is 10.4. The maximum absolute atomic E-state index is 13.9. The summed E-state index contributed by atoms with van der Waals surface area (Å²) in [6.45, 7) is 4.77. The molecular weight excluding hydrogens is 399 g/mol. The van der Waals surface area contributed by atoms with Gasteiger partial charge in [0.25, 0.3) is 11.8 Å². The third kappa shape index (κ3) is 3.53. The van der Waals surface area contributed by atoms with E-state index in [-0.39, 0.29) is 11.1 Å². The molecule has 3 amide bonds. The van der Waals surface area contributed by atoms with Gasteiger partial charge in [-0.3, -0.25) is 19.3 Å². The second-order valence-electron chi connectivity index (χ2n) is 8.76. The van der Waals surface area contributed by atoms with Crippen molar-refractivity contribution in [3.63, 3.8) is 0 Å². The maximum atomic E-state index is 13.9. The molecule has 2 aliphatic heterocycles. The molecule has 0 radical (unpaired) electrons. The Hall–Kier alpha value is -3.06. The van der Waals surface area contributed by atoms with Gasteiger partial charge in [-0.1, -0.05) is 24.3 Å².